The zero-order valence-corrected chi connectivity index (χ0v) is 17.8. The summed E-state index contributed by atoms with van der Waals surface area (Å²) in [6.07, 6.45) is 2.09. The van der Waals surface area contributed by atoms with Crippen molar-refractivity contribution >= 4 is 23.4 Å². The van der Waals surface area contributed by atoms with Crippen LogP contribution in [0.3, 0.4) is 0 Å². The Morgan fingerprint density at radius 2 is 1.81 bits per heavy atom. The average Bonchev–Trinajstić information content (AvgIpc) is 3.31. The fourth-order valence-electron chi connectivity index (χ4n) is 3.48. The third kappa shape index (κ3) is 5.77. The van der Waals surface area contributed by atoms with Gasteiger partial charge in [0.1, 0.15) is 0 Å². The number of alkyl halides is 2. The molecule has 0 aromatic heterocycles. The number of amides is 2. The molecule has 0 radical (unpaired) electrons. The number of nitrogens with zero attached hydrogens (tertiary/aromatic N) is 1. The molecule has 2 N–H and O–H groups in total. The molecule has 3 rings (SSSR count). The molecule has 0 saturated carbocycles. The number of esters is 1. The fourth-order valence-corrected chi connectivity index (χ4v) is 3.48. The van der Waals surface area contributed by atoms with Gasteiger partial charge in [0.05, 0.1) is 31.2 Å². The molecular formula is C22H25F2N3O5. The van der Waals surface area contributed by atoms with E-state index >= 15 is 0 Å². The van der Waals surface area contributed by atoms with Crippen molar-refractivity contribution in [2.75, 3.05) is 37.5 Å². The molecule has 2 amide bonds. The summed E-state index contributed by atoms with van der Waals surface area (Å²) in [6, 6.07) is 8.98. The first kappa shape index (κ1) is 23.1. The maximum atomic E-state index is 12.6. The van der Waals surface area contributed by atoms with Crippen LogP contribution in [0.1, 0.15) is 28.8 Å². The molecule has 1 aliphatic rings. The van der Waals surface area contributed by atoms with Crippen LogP contribution in [0.2, 0.25) is 0 Å². The van der Waals surface area contributed by atoms with Crippen molar-refractivity contribution in [3.8, 4) is 11.5 Å². The fraction of sp³-hybridized carbons (Fsp3) is 0.364. The van der Waals surface area contributed by atoms with E-state index in [4.69, 9.17) is 9.47 Å². The number of hydrogen-bond acceptors (Lipinski definition) is 6. The van der Waals surface area contributed by atoms with Crippen molar-refractivity contribution in [3.05, 3.63) is 47.5 Å². The summed E-state index contributed by atoms with van der Waals surface area (Å²) in [5, 5.41) is 5.45. The summed E-state index contributed by atoms with van der Waals surface area (Å²) in [7, 11) is 2.64. The van der Waals surface area contributed by atoms with Crippen LogP contribution in [0.25, 0.3) is 0 Å². The van der Waals surface area contributed by atoms with Gasteiger partial charge < -0.3 is 29.7 Å². The van der Waals surface area contributed by atoms with Crippen LogP contribution in [0.5, 0.6) is 11.5 Å². The van der Waals surface area contributed by atoms with Crippen LogP contribution in [0, 0.1) is 0 Å². The SMILES string of the molecule is COC(=O)c1ccc(N2CCCC2)c(NC(=O)NCc2ccc(OC)c(OC(F)F)c2)c1. The average molecular weight is 449 g/mol. The topological polar surface area (TPSA) is 89.1 Å². The Bertz CT molecular complexity index is 965. The first-order valence-electron chi connectivity index (χ1n) is 10.0. The first-order valence-corrected chi connectivity index (χ1v) is 10.0. The number of carbonyl (C=O) groups excluding carboxylic acids is 2. The summed E-state index contributed by atoms with van der Waals surface area (Å²) in [5.74, 6) is -0.469. The minimum Gasteiger partial charge on any atom is -0.493 e. The third-order valence-electron chi connectivity index (χ3n) is 5.01. The van der Waals surface area contributed by atoms with Gasteiger partial charge in [0.15, 0.2) is 11.5 Å². The molecule has 1 fully saturated rings. The van der Waals surface area contributed by atoms with Gasteiger partial charge in [0, 0.05) is 19.6 Å². The lowest BCUT2D eigenvalue weighted by Crippen LogP contribution is -2.29. The molecular weight excluding hydrogens is 424 g/mol. The lowest BCUT2D eigenvalue weighted by atomic mass is 10.1. The van der Waals surface area contributed by atoms with Crippen molar-refractivity contribution < 1.29 is 32.6 Å². The second kappa shape index (κ2) is 10.7. The Balaban J connectivity index is 1.72. The normalized spacial score (nSPS) is 13.1. The number of rotatable bonds is 8. The predicted octanol–water partition coefficient (Wildman–Crippen LogP) is 4.01. The van der Waals surface area contributed by atoms with Crippen molar-refractivity contribution in [3.63, 3.8) is 0 Å². The standard InChI is InChI=1S/C22H25F2N3O5/c1-30-18-8-5-14(11-19(18)32-21(23)24)13-25-22(29)26-16-12-15(20(28)31-2)6-7-17(16)27-9-3-4-10-27/h5-8,11-12,21H,3-4,9-10,13H2,1-2H3,(H2,25,26,29). The number of anilines is 2. The van der Waals surface area contributed by atoms with Crippen molar-refractivity contribution in [2.24, 2.45) is 0 Å². The second-order valence-electron chi connectivity index (χ2n) is 7.09. The Labute approximate surface area is 184 Å². The Morgan fingerprint density at radius 3 is 2.47 bits per heavy atom. The third-order valence-corrected chi connectivity index (χ3v) is 5.01. The van der Waals surface area contributed by atoms with Crippen molar-refractivity contribution in [1.82, 2.24) is 5.32 Å². The van der Waals surface area contributed by atoms with Crippen LogP contribution in [0.15, 0.2) is 36.4 Å². The lowest BCUT2D eigenvalue weighted by Gasteiger charge is -2.22. The van der Waals surface area contributed by atoms with Crippen LogP contribution >= 0.6 is 0 Å². The molecule has 32 heavy (non-hydrogen) atoms. The van der Waals surface area contributed by atoms with Crippen LogP contribution in [-0.4, -0.2) is 45.9 Å². The zero-order valence-electron chi connectivity index (χ0n) is 17.8. The molecule has 10 heteroatoms. The summed E-state index contributed by atoms with van der Waals surface area (Å²) in [6.45, 7) is -1.23. The largest absolute Gasteiger partial charge is 0.493 e. The number of hydrogen-bond donors (Lipinski definition) is 2. The number of benzene rings is 2. The van der Waals surface area contributed by atoms with E-state index in [9.17, 15) is 18.4 Å². The molecule has 8 nitrogen and oxygen atoms in total. The number of ether oxygens (including phenoxy) is 3. The zero-order chi connectivity index (χ0) is 23.1. The van der Waals surface area contributed by atoms with Gasteiger partial charge in [-0.3, -0.25) is 0 Å². The van der Waals surface area contributed by atoms with E-state index in [-0.39, 0.29) is 18.0 Å². The van der Waals surface area contributed by atoms with E-state index in [1.54, 1.807) is 24.3 Å². The van der Waals surface area contributed by atoms with Gasteiger partial charge in [-0.2, -0.15) is 8.78 Å². The van der Waals surface area contributed by atoms with E-state index in [0.717, 1.165) is 31.6 Å². The molecule has 1 aliphatic heterocycles. The summed E-state index contributed by atoms with van der Waals surface area (Å²) < 4.78 is 39.5. The van der Waals surface area contributed by atoms with Gasteiger partial charge in [-0.05, 0) is 48.7 Å². The molecule has 0 unspecified atom stereocenters. The van der Waals surface area contributed by atoms with Gasteiger partial charge in [0.2, 0.25) is 0 Å². The van der Waals surface area contributed by atoms with E-state index in [2.05, 4.69) is 20.3 Å². The number of urea groups is 1. The quantitative estimate of drug-likeness (QED) is 0.592. The Morgan fingerprint density at radius 1 is 1.06 bits per heavy atom. The molecule has 1 saturated heterocycles. The predicted molar refractivity (Wildman–Crippen MR) is 115 cm³/mol. The highest BCUT2D eigenvalue weighted by atomic mass is 19.3. The van der Waals surface area contributed by atoms with E-state index in [1.807, 2.05) is 0 Å². The van der Waals surface area contributed by atoms with Gasteiger partial charge in [0.25, 0.3) is 0 Å². The number of carbonyl (C=O) groups is 2. The van der Waals surface area contributed by atoms with Gasteiger partial charge in [-0.15, -0.1) is 0 Å². The highest BCUT2D eigenvalue weighted by Gasteiger charge is 2.19. The van der Waals surface area contributed by atoms with Crippen LogP contribution in [-0.2, 0) is 11.3 Å². The minimum absolute atomic E-state index is 0.0607. The monoisotopic (exact) mass is 449 g/mol. The molecule has 2 aromatic rings. The maximum absolute atomic E-state index is 12.6. The van der Waals surface area contributed by atoms with Crippen LogP contribution in [0.4, 0.5) is 25.0 Å². The van der Waals surface area contributed by atoms with Gasteiger partial charge >= 0.3 is 18.6 Å². The maximum Gasteiger partial charge on any atom is 0.387 e. The molecule has 0 aliphatic carbocycles. The number of nitrogens with one attached hydrogen (secondary N) is 2. The minimum atomic E-state index is -3.00. The molecule has 172 valence electrons. The second-order valence-corrected chi connectivity index (χ2v) is 7.09. The summed E-state index contributed by atoms with van der Waals surface area (Å²) in [5.41, 5.74) is 2.14. The van der Waals surface area contributed by atoms with Crippen LogP contribution < -0.4 is 25.0 Å². The molecule has 0 spiro atoms. The summed E-state index contributed by atoms with van der Waals surface area (Å²) in [4.78, 5) is 26.6. The number of halogens is 2. The van der Waals surface area contributed by atoms with E-state index < -0.39 is 18.6 Å². The van der Waals surface area contributed by atoms with E-state index in [0.29, 0.717) is 16.8 Å². The van der Waals surface area contributed by atoms with Crippen molar-refractivity contribution in [1.29, 1.82) is 0 Å². The molecule has 0 atom stereocenters. The van der Waals surface area contributed by atoms with E-state index in [1.165, 1.54) is 26.4 Å². The first-order chi connectivity index (χ1) is 15.4. The highest BCUT2D eigenvalue weighted by molar-refractivity contribution is 5.97. The lowest BCUT2D eigenvalue weighted by molar-refractivity contribution is -0.0512. The van der Waals surface area contributed by atoms with Gasteiger partial charge in [-0.1, -0.05) is 6.07 Å². The highest BCUT2D eigenvalue weighted by Crippen LogP contribution is 2.31. The molecule has 2 aromatic carbocycles. The van der Waals surface area contributed by atoms with Gasteiger partial charge in [-0.25, -0.2) is 9.59 Å². The smallest absolute Gasteiger partial charge is 0.387 e. The Kier molecular flexibility index (Phi) is 7.69. The van der Waals surface area contributed by atoms with Crippen molar-refractivity contribution in [2.45, 2.75) is 26.0 Å². The molecule has 1 heterocycles. The molecule has 0 bridgehead atoms. The Hall–Kier alpha value is -3.56. The summed E-state index contributed by atoms with van der Waals surface area (Å²) >= 11 is 0. The number of methoxy groups -OCH3 is 2.